The molecule has 1 aliphatic heterocycles. The van der Waals surface area contributed by atoms with Crippen LogP contribution in [0.25, 0.3) is 23.0 Å². The van der Waals surface area contributed by atoms with E-state index < -0.39 is 6.10 Å². The highest BCUT2D eigenvalue weighted by Crippen LogP contribution is 2.23. The van der Waals surface area contributed by atoms with E-state index in [-0.39, 0.29) is 12.1 Å². The minimum Gasteiger partial charge on any atom is -0.387 e. The fourth-order valence-corrected chi connectivity index (χ4v) is 5.48. The number of aromatic nitrogens is 3. The summed E-state index contributed by atoms with van der Waals surface area (Å²) in [5, 5.41) is 16.3. The number of methoxy groups -OCH3 is 1. The van der Waals surface area contributed by atoms with Crippen molar-refractivity contribution in [2.75, 3.05) is 58.3 Å². The molecule has 3 heterocycles. The highest BCUT2D eigenvalue weighted by Gasteiger charge is 2.25. The van der Waals surface area contributed by atoms with Crippen LogP contribution in [0.1, 0.15) is 25.0 Å². The van der Waals surface area contributed by atoms with Crippen molar-refractivity contribution in [3.63, 3.8) is 0 Å². The molecule has 0 spiro atoms. The van der Waals surface area contributed by atoms with Crippen molar-refractivity contribution in [3.8, 4) is 11.4 Å². The van der Waals surface area contributed by atoms with Crippen molar-refractivity contribution in [2.24, 2.45) is 0 Å². The molecular weight excluding hydrogens is 504 g/mol. The van der Waals surface area contributed by atoms with Crippen LogP contribution in [0.3, 0.4) is 0 Å². The summed E-state index contributed by atoms with van der Waals surface area (Å²) in [4.78, 5) is 28.9. The van der Waals surface area contributed by atoms with Gasteiger partial charge >= 0.3 is 0 Å². The largest absolute Gasteiger partial charge is 0.387 e. The molecule has 2 aromatic heterocycles. The van der Waals surface area contributed by atoms with Crippen LogP contribution in [-0.2, 0) is 4.74 Å². The van der Waals surface area contributed by atoms with Crippen LogP contribution in [0.4, 0.5) is 5.69 Å². The van der Waals surface area contributed by atoms with Gasteiger partial charge in [0.15, 0.2) is 0 Å². The number of ether oxygens (including phenoxy) is 1. The second-order valence-corrected chi connectivity index (χ2v) is 10.4. The first-order chi connectivity index (χ1) is 18.4. The van der Waals surface area contributed by atoms with Gasteiger partial charge in [0.25, 0.3) is 5.56 Å². The van der Waals surface area contributed by atoms with Gasteiger partial charge < -0.3 is 25.1 Å². The molecule has 2 atom stereocenters. The smallest absolute Gasteiger partial charge is 0.261 e. The lowest BCUT2D eigenvalue weighted by atomic mass is 10.0. The number of aliphatic hydroxyl groups excluding tert-OH is 1. The van der Waals surface area contributed by atoms with Crippen LogP contribution in [-0.4, -0.2) is 88.9 Å². The van der Waals surface area contributed by atoms with E-state index in [1.54, 1.807) is 37.6 Å². The fraction of sp³-hybridized carbons (Fsp3) is 0.429. The van der Waals surface area contributed by atoms with Crippen molar-refractivity contribution in [3.05, 3.63) is 68.2 Å². The number of anilines is 1. The topological polar surface area (TPSA) is 110 Å². The average Bonchev–Trinajstić information content (AvgIpc) is 3.35. The van der Waals surface area contributed by atoms with E-state index >= 15 is 0 Å². The number of aromatic amines is 2. The molecular formula is C28H35ClN6O3. The molecule has 2 unspecified atom stereocenters. The number of nitrogens with one attached hydrogen (secondary N) is 3. The lowest BCUT2D eigenvalue weighted by molar-refractivity contribution is 0.0881. The zero-order valence-corrected chi connectivity index (χ0v) is 22.6. The quantitative estimate of drug-likeness (QED) is 0.327. The third kappa shape index (κ3) is 5.87. The first kappa shape index (κ1) is 26.6. The predicted molar refractivity (Wildman–Crippen MR) is 151 cm³/mol. The molecule has 10 heteroatoms. The maximum Gasteiger partial charge on any atom is 0.261 e. The van der Waals surface area contributed by atoms with Crippen molar-refractivity contribution in [2.45, 2.75) is 25.5 Å². The molecule has 2 aliphatic rings. The lowest BCUT2D eigenvalue weighted by Gasteiger charge is -2.38. The molecule has 3 aromatic rings. The first-order valence-electron chi connectivity index (χ1n) is 13.1. The Hall–Kier alpha value is -2.95. The van der Waals surface area contributed by atoms with Crippen molar-refractivity contribution in [1.29, 1.82) is 0 Å². The number of piperazine rings is 1. The van der Waals surface area contributed by atoms with E-state index in [1.165, 1.54) is 5.57 Å². The standard InChI is InChI=1S/C28H35ClN6O3/c1-18-14-21(35-10-8-34(9-11-35)12-13-38-2)16-23-26(18)33-27(32-23)25-22(6-7-30-28(25)37)31-17-24(36)19-4-3-5-20(29)15-19/h3-7,15-16,21,24,36H,8-14,17H2,1-2H3,(H,32,33)(H2,30,31,37). The molecule has 0 radical (unpaired) electrons. The fourth-order valence-electron chi connectivity index (χ4n) is 5.29. The van der Waals surface area contributed by atoms with E-state index in [1.807, 2.05) is 6.07 Å². The molecule has 1 fully saturated rings. The number of pyridine rings is 1. The summed E-state index contributed by atoms with van der Waals surface area (Å²) < 4.78 is 5.23. The molecule has 0 bridgehead atoms. The maximum absolute atomic E-state index is 12.9. The second-order valence-electron chi connectivity index (χ2n) is 9.98. The van der Waals surface area contributed by atoms with Gasteiger partial charge in [0, 0.05) is 63.6 Å². The number of aliphatic hydroxyl groups is 1. The first-order valence-corrected chi connectivity index (χ1v) is 13.4. The summed E-state index contributed by atoms with van der Waals surface area (Å²) >= 11 is 6.07. The Morgan fingerprint density at radius 2 is 2.08 bits per heavy atom. The van der Waals surface area contributed by atoms with Gasteiger partial charge in [-0.1, -0.05) is 23.7 Å². The summed E-state index contributed by atoms with van der Waals surface area (Å²) in [5.41, 5.74) is 2.68. The lowest BCUT2D eigenvalue weighted by Crippen LogP contribution is -2.52. The third-order valence-corrected chi connectivity index (χ3v) is 7.65. The summed E-state index contributed by atoms with van der Waals surface area (Å²) in [7, 11) is 1.74. The molecule has 4 N–H and O–H groups in total. The van der Waals surface area contributed by atoms with Crippen LogP contribution >= 0.6 is 11.6 Å². The number of fused-ring (bicyclic) bond motifs is 1. The van der Waals surface area contributed by atoms with Crippen molar-refractivity contribution < 1.29 is 9.84 Å². The van der Waals surface area contributed by atoms with Gasteiger partial charge in [-0.3, -0.25) is 14.6 Å². The van der Waals surface area contributed by atoms with Gasteiger partial charge in [0.05, 0.1) is 29.1 Å². The van der Waals surface area contributed by atoms with Gasteiger partial charge in [-0.25, -0.2) is 4.98 Å². The minimum atomic E-state index is -0.787. The maximum atomic E-state index is 12.9. The van der Waals surface area contributed by atoms with Gasteiger partial charge in [-0.2, -0.15) is 0 Å². The van der Waals surface area contributed by atoms with Gasteiger partial charge in [-0.05, 0) is 48.8 Å². The highest BCUT2D eigenvalue weighted by molar-refractivity contribution is 6.30. The highest BCUT2D eigenvalue weighted by atomic mass is 35.5. The SMILES string of the molecule is COCCN1CCN(C2C=c3[nH]c(-c4c(NCC(O)c5cccc(Cl)c5)cc[nH]c4=O)nc3=C(C)C2)CC1. The monoisotopic (exact) mass is 538 g/mol. The summed E-state index contributed by atoms with van der Waals surface area (Å²) in [6.07, 6.45) is 3.97. The number of hydrogen-bond donors (Lipinski definition) is 4. The summed E-state index contributed by atoms with van der Waals surface area (Å²) in [6.45, 7) is 8.15. The van der Waals surface area contributed by atoms with Gasteiger partial charge in [-0.15, -0.1) is 0 Å². The van der Waals surface area contributed by atoms with E-state index in [9.17, 15) is 9.90 Å². The molecule has 9 nitrogen and oxygen atoms in total. The number of hydrogen-bond acceptors (Lipinski definition) is 7. The summed E-state index contributed by atoms with van der Waals surface area (Å²) in [5.74, 6) is 0.511. The van der Waals surface area contributed by atoms with Crippen LogP contribution in [0.5, 0.6) is 0 Å². The zero-order valence-electron chi connectivity index (χ0n) is 21.8. The van der Waals surface area contributed by atoms with E-state index in [0.717, 1.165) is 56.4 Å². The van der Waals surface area contributed by atoms with Crippen LogP contribution < -0.4 is 21.6 Å². The van der Waals surface area contributed by atoms with E-state index in [4.69, 9.17) is 21.3 Å². The Morgan fingerprint density at radius 1 is 1.26 bits per heavy atom. The van der Waals surface area contributed by atoms with E-state index in [0.29, 0.717) is 33.7 Å². The average molecular weight is 539 g/mol. The number of rotatable bonds is 9. The molecule has 5 rings (SSSR count). The molecule has 1 aliphatic carbocycles. The normalized spacial score (nSPS) is 19.2. The summed E-state index contributed by atoms with van der Waals surface area (Å²) in [6, 6.07) is 9.20. The van der Waals surface area contributed by atoms with Crippen LogP contribution in [0.2, 0.25) is 5.02 Å². The number of nitrogens with zero attached hydrogens (tertiary/aromatic N) is 3. The molecule has 0 saturated carbocycles. The molecule has 1 aromatic carbocycles. The Bertz CT molecular complexity index is 1440. The van der Waals surface area contributed by atoms with E-state index in [2.05, 4.69) is 38.1 Å². The van der Waals surface area contributed by atoms with Gasteiger partial charge in [0.2, 0.25) is 0 Å². The van der Waals surface area contributed by atoms with Crippen LogP contribution in [0, 0.1) is 0 Å². The Balaban J connectivity index is 1.36. The Morgan fingerprint density at radius 3 is 2.84 bits per heavy atom. The number of H-pyrrole nitrogens is 2. The molecule has 38 heavy (non-hydrogen) atoms. The molecule has 1 saturated heterocycles. The number of halogens is 1. The third-order valence-electron chi connectivity index (χ3n) is 7.41. The van der Waals surface area contributed by atoms with Crippen molar-refractivity contribution >= 4 is 28.9 Å². The van der Waals surface area contributed by atoms with Crippen LogP contribution in [0.15, 0.2) is 41.3 Å². The Kier molecular flexibility index (Phi) is 8.30. The van der Waals surface area contributed by atoms with Gasteiger partial charge in [0.1, 0.15) is 11.4 Å². The number of benzene rings is 1. The van der Waals surface area contributed by atoms with Crippen molar-refractivity contribution in [1.82, 2.24) is 24.8 Å². The minimum absolute atomic E-state index is 0.215. The predicted octanol–water partition coefficient (Wildman–Crippen LogP) is 1.55. The second kappa shape index (κ2) is 11.8. The zero-order chi connectivity index (χ0) is 26.6. The Labute approximate surface area is 226 Å². The number of imidazole rings is 1. The molecule has 0 amide bonds. The molecule has 202 valence electrons.